The molecule has 1 unspecified atom stereocenters. The number of benzene rings is 1. The summed E-state index contributed by atoms with van der Waals surface area (Å²) < 4.78 is 5.46. The molecular formula is C16H26N2O. The number of anilines is 1. The van der Waals surface area contributed by atoms with Gasteiger partial charge in [-0.15, -0.1) is 0 Å². The van der Waals surface area contributed by atoms with E-state index in [1.54, 1.807) is 0 Å². The molecule has 0 N–H and O–H groups in total. The summed E-state index contributed by atoms with van der Waals surface area (Å²) in [5, 5.41) is 0. The molecule has 0 bridgehead atoms. The molecule has 2 rings (SSSR count). The lowest BCUT2D eigenvalue weighted by atomic mass is 10.1. The van der Waals surface area contributed by atoms with Crippen LogP contribution in [0.25, 0.3) is 0 Å². The van der Waals surface area contributed by atoms with Crippen molar-refractivity contribution in [2.75, 3.05) is 51.3 Å². The van der Waals surface area contributed by atoms with E-state index in [1.807, 2.05) is 0 Å². The van der Waals surface area contributed by atoms with Crippen LogP contribution in [0.3, 0.4) is 0 Å². The zero-order valence-corrected chi connectivity index (χ0v) is 12.2. The van der Waals surface area contributed by atoms with Crippen LogP contribution in [-0.2, 0) is 4.74 Å². The summed E-state index contributed by atoms with van der Waals surface area (Å²) in [5.41, 5.74) is 1.29. The van der Waals surface area contributed by atoms with Crippen LogP contribution in [0.1, 0.15) is 13.3 Å². The average molecular weight is 262 g/mol. The zero-order valence-electron chi connectivity index (χ0n) is 12.2. The topological polar surface area (TPSA) is 15.7 Å². The smallest absolute Gasteiger partial charge is 0.0507 e. The van der Waals surface area contributed by atoms with Gasteiger partial charge in [-0.1, -0.05) is 25.1 Å². The first-order chi connectivity index (χ1) is 9.29. The molecule has 3 nitrogen and oxygen atoms in total. The maximum Gasteiger partial charge on any atom is 0.0507 e. The summed E-state index contributed by atoms with van der Waals surface area (Å²) in [6, 6.07) is 10.6. The van der Waals surface area contributed by atoms with E-state index in [1.165, 1.54) is 18.7 Å². The van der Waals surface area contributed by atoms with Crippen LogP contribution in [0.2, 0.25) is 0 Å². The molecule has 1 heterocycles. The molecule has 1 aromatic rings. The van der Waals surface area contributed by atoms with Gasteiger partial charge in [0.15, 0.2) is 0 Å². The fourth-order valence-electron chi connectivity index (χ4n) is 2.57. The summed E-state index contributed by atoms with van der Waals surface area (Å²) in [6.07, 6.45) is 1.23. The number of likely N-dealkylation sites (N-methyl/N-ethyl adjacent to an activating group) is 2. The molecule has 0 aromatic heterocycles. The fourth-order valence-corrected chi connectivity index (χ4v) is 2.57. The van der Waals surface area contributed by atoms with Crippen molar-refractivity contribution in [3.05, 3.63) is 30.3 Å². The second-order valence-electron chi connectivity index (χ2n) is 5.38. The van der Waals surface area contributed by atoms with Gasteiger partial charge in [0.25, 0.3) is 0 Å². The van der Waals surface area contributed by atoms with E-state index in [4.69, 9.17) is 4.74 Å². The van der Waals surface area contributed by atoms with Crippen LogP contribution in [-0.4, -0.2) is 51.3 Å². The van der Waals surface area contributed by atoms with E-state index in [9.17, 15) is 0 Å². The average Bonchev–Trinajstić information content (AvgIpc) is 2.97. The number of hydrogen-bond donors (Lipinski definition) is 0. The summed E-state index contributed by atoms with van der Waals surface area (Å²) in [7, 11) is 2.17. The van der Waals surface area contributed by atoms with Gasteiger partial charge in [0.2, 0.25) is 0 Å². The Morgan fingerprint density at radius 3 is 2.63 bits per heavy atom. The van der Waals surface area contributed by atoms with Crippen molar-refractivity contribution in [2.45, 2.75) is 13.3 Å². The van der Waals surface area contributed by atoms with Gasteiger partial charge in [-0.25, -0.2) is 0 Å². The minimum atomic E-state index is 0.738. The predicted molar refractivity (Wildman–Crippen MR) is 80.8 cm³/mol. The Hall–Kier alpha value is -1.06. The van der Waals surface area contributed by atoms with Crippen molar-refractivity contribution in [3.63, 3.8) is 0 Å². The third-order valence-electron chi connectivity index (χ3n) is 3.94. The highest BCUT2D eigenvalue weighted by molar-refractivity contribution is 5.44. The van der Waals surface area contributed by atoms with Crippen molar-refractivity contribution in [1.82, 2.24) is 4.90 Å². The first-order valence-electron chi connectivity index (χ1n) is 7.36. The Morgan fingerprint density at radius 2 is 2.00 bits per heavy atom. The normalized spacial score (nSPS) is 19.0. The molecular weight excluding hydrogens is 236 g/mol. The molecule has 0 spiro atoms. The third kappa shape index (κ3) is 4.51. The van der Waals surface area contributed by atoms with Crippen LogP contribution in [0, 0.1) is 5.92 Å². The van der Waals surface area contributed by atoms with Crippen LogP contribution in [0.15, 0.2) is 30.3 Å². The van der Waals surface area contributed by atoms with Crippen molar-refractivity contribution in [1.29, 1.82) is 0 Å². The summed E-state index contributed by atoms with van der Waals surface area (Å²) in [5.74, 6) is 0.738. The minimum absolute atomic E-state index is 0.738. The van der Waals surface area contributed by atoms with Gasteiger partial charge in [0.1, 0.15) is 0 Å². The largest absolute Gasteiger partial charge is 0.381 e. The van der Waals surface area contributed by atoms with Crippen LogP contribution in [0.4, 0.5) is 5.69 Å². The van der Waals surface area contributed by atoms with E-state index in [0.717, 1.165) is 38.8 Å². The second-order valence-corrected chi connectivity index (χ2v) is 5.38. The fraction of sp³-hybridized carbons (Fsp3) is 0.625. The van der Waals surface area contributed by atoms with E-state index in [2.05, 4.69) is 54.1 Å². The van der Waals surface area contributed by atoms with Gasteiger partial charge in [0.05, 0.1) is 6.61 Å². The van der Waals surface area contributed by atoms with Crippen molar-refractivity contribution in [2.24, 2.45) is 5.92 Å². The molecule has 1 aromatic carbocycles. The molecule has 0 radical (unpaired) electrons. The molecule has 0 amide bonds. The molecule has 1 atom stereocenters. The maximum atomic E-state index is 5.46. The van der Waals surface area contributed by atoms with E-state index in [0.29, 0.717) is 0 Å². The molecule has 19 heavy (non-hydrogen) atoms. The summed E-state index contributed by atoms with van der Waals surface area (Å²) >= 11 is 0. The van der Waals surface area contributed by atoms with Crippen LogP contribution < -0.4 is 4.90 Å². The molecule has 0 saturated carbocycles. The van der Waals surface area contributed by atoms with Gasteiger partial charge in [-0.05, 0) is 31.0 Å². The quantitative estimate of drug-likeness (QED) is 0.751. The molecule has 1 saturated heterocycles. The molecule has 1 aliphatic heterocycles. The van der Waals surface area contributed by atoms with E-state index < -0.39 is 0 Å². The number of rotatable bonds is 7. The Morgan fingerprint density at radius 1 is 1.21 bits per heavy atom. The van der Waals surface area contributed by atoms with Crippen molar-refractivity contribution < 1.29 is 4.74 Å². The van der Waals surface area contributed by atoms with Crippen LogP contribution in [0.5, 0.6) is 0 Å². The first-order valence-corrected chi connectivity index (χ1v) is 7.36. The SMILES string of the molecule is CCN(CCN(C)c1ccccc1)CC1CCOC1. The van der Waals surface area contributed by atoms with Gasteiger partial charge in [0, 0.05) is 39.0 Å². The standard InChI is InChI=1S/C16H26N2O/c1-3-18(13-15-9-12-19-14-15)11-10-17(2)16-7-5-4-6-8-16/h4-8,15H,3,9-14H2,1-2H3. The lowest BCUT2D eigenvalue weighted by Crippen LogP contribution is -2.36. The number of hydrogen-bond acceptors (Lipinski definition) is 3. The first kappa shape index (κ1) is 14.4. The van der Waals surface area contributed by atoms with E-state index in [-0.39, 0.29) is 0 Å². The molecule has 106 valence electrons. The molecule has 3 heteroatoms. The lowest BCUT2D eigenvalue weighted by Gasteiger charge is -2.27. The summed E-state index contributed by atoms with van der Waals surface area (Å²) in [6.45, 7) is 8.65. The highest BCUT2D eigenvalue weighted by Crippen LogP contribution is 2.14. The predicted octanol–water partition coefficient (Wildman–Crippen LogP) is 2.48. The Labute approximate surface area is 117 Å². The number of nitrogens with zero attached hydrogens (tertiary/aromatic N) is 2. The third-order valence-corrected chi connectivity index (χ3v) is 3.94. The van der Waals surface area contributed by atoms with Crippen LogP contribution >= 0.6 is 0 Å². The lowest BCUT2D eigenvalue weighted by molar-refractivity contribution is 0.169. The highest BCUT2D eigenvalue weighted by Gasteiger charge is 2.18. The number of para-hydroxylation sites is 1. The Kier molecular flexibility index (Phi) is 5.67. The monoisotopic (exact) mass is 262 g/mol. The van der Waals surface area contributed by atoms with Gasteiger partial charge < -0.3 is 14.5 Å². The van der Waals surface area contributed by atoms with Gasteiger partial charge in [-0.2, -0.15) is 0 Å². The second kappa shape index (κ2) is 7.51. The van der Waals surface area contributed by atoms with Gasteiger partial charge >= 0.3 is 0 Å². The van der Waals surface area contributed by atoms with Crippen molar-refractivity contribution in [3.8, 4) is 0 Å². The number of ether oxygens (including phenoxy) is 1. The van der Waals surface area contributed by atoms with Gasteiger partial charge in [-0.3, -0.25) is 0 Å². The van der Waals surface area contributed by atoms with Crippen molar-refractivity contribution >= 4 is 5.69 Å². The van der Waals surface area contributed by atoms with E-state index >= 15 is 0 Å². The summed E-state index contributed by atoms with van der Waals surface area (Å²) in [4.78, 5) is 4.87. The molecule has 0 aliphatic carbocycles. The highest BCUT2D eigenvalue weighted by atomic mass is 16.5. The maximum absolute atomic E-state index is 5.46. The Balaban J connectivity index is 1.75. The minimum Gasteiger partial charge on any atom is -0.381 e. The Bertz CT molecular complexity index is 349. The molecule has 1 aliphatic rings. The zero-order chi connectivity index (χ0) is 13.5. The molecule has 1 fully saturated rings.